The molecular formula is C31H37N3OS. The van der Waals surface area contributed by atoms with Gasteiger partial charge in [-0.1, -0.05) is 85.8 Å². The molecule has 1 atom stereocenters. The second-order valence-corrected chi connectivity index (χ2v) is 10.2. The lowest BCUT2D eigenvalue weighted by atomic mass is 9.99. The second-order valence-electron chi connectivity index (χ2n) is 9.14. The van der Waals surface area contributed by atoms with Crippen molar-refractivity contribution in [3.63, 3.8) is 0 Å². The van der Waals surface area contributed by atoms with Gasteiger partial charge in [-0.25, -0.2) is 4.99 Å². The molecule has 3 aromatic carbocycles. The van der Waals surface area contributed by atoms with Crippen LogP contribution in [0.4, 0.5) is 5.69 Å². The first kappa shape index (κ1) is 26.0. The Labute approximate surface area is 220 Å². The van der Waals surface area contributed by atoms with E-state index in [-0.39, 0.29) is 11.2 Å². The van der Waals surface area contributed by atoms with E-state index >= 15 is 0 Å². The van der Waals surface area contributed by atoms with E-state index in [4.69, 9.17) is 4.99 Å². The molecule has 3 aromatic rings. The zero-order chi connectivity index (χ0) is 25.7. The van der Waals surface area contributed by atoms with Gasteiger partial charge < -0.3 is 9.80 Å². The maximum absolute atomic E-state index is 13.7. The lowest BCUT2D eigenvalue weighted by molar-refractivity contribution is -0.129. The third-order valence-electron chi connectivity index (χ3n) is 6.59. The fourth-order valence-corrected chi connectivity index (χ4v) is 6.19. The maximum Gasteiger partial charge on any atom is 0.240 e. The fourth-order valence-electron chi connectivity index (χ4n) is 4.94. The van der Waals surface area contributed by atoms with Gasteiger partial charge in [0.05, 0.1) is 11.4 Å². The van der Waals surface area contributed by atoms with Crippen molar-refractivity contribution in [2.24, 2.45) is 4.99 Å². The van der Waals surface area contributed by atoms with Crippen molar-refractivity contribution in [2.45, 2.75) is 52.7 Å². The van der Waals surface area contributed by atoms with Gasteiger partial charge in [-0.05, 0) is 62.1 Å². The molecule has 2 heterocycles. The van der Waals surface area contributed by atoms with Crippen LogP contribution in [-0.2, 0) is 4.79 Å². The molecular weight excluding hydrogens is 462 g/mol. The number of carbonyl (C=O) groups excluding carboxylic acids is 1. The van der Waals surface area contributed by atoms with Crippen molar-refractivity contribution < 1.29 is 4.79 Å². The minimum Gasteiger partial charge on any atom is -0.341 e. The number of likely N-dealkylation sites (tertiary alicyclic amines) is 1. The number of amidine groups is 1. The van der Waals surface area contributed by atoms with Crippen LogP contribution in [-0.4, -0.2) is 40.5 Å². The van der Waals surface area contributed by atoms with Gasteiger partial charge >= 0.3 is 0 Å². The van der Waals surface area contributed by atoms with Crippen molar-refractivity contribution >= 4 is 45.0 Å². The van der Waals surface area contributed by atoms with E-state index in [1.54, 1.807) is 11.8 Å². The highest BCUT2D eigenvalue weighted by molar-refractivity contribution is 8.14. The van der Waals surface area contributed by atoms with Crippen molar-refractivity contribution in [1.29, 1.82) is 0 Å². The Kier molecular flexibility index (Phi) is 8.52. The molecule has 1 unspecified atom stereocenters. The van der Waals surface area contributed by atoms with Crippen molar-refractivity contribution in [1.82, 2.24) is 9.80 Å². The van der Waals surface area contributed by atoms with Crippen LogP contribution < -0.4 is 0 Å². The molecule has 1 amide bonds. The number of fused-ring (bicyclic) bond motifs is 2. The molecule has 0 saturated carbocycles. The Balaban J connectivity index is 0.00000148. The number of thioether (sulfide) groups is 1. The standard InChI is InChI=1S/C29H31N3OS.C2H6/c1-4-32-26(20(2)3)24-18-22-14-8-9-15-23(22)19-25(24)30-29(32)34-27(21-12-6-5-7-13-21)28(33)31-16-10-11-17-31;1-2/h5-9,12-15,18-19,27H,4,10-11,16-17H2,1-3H3;1-2H3. The molecule has 5 heteroatoms. The van der Waals surface area contributed by atoms with Gasteiger partial charge in [0.25, 0.3) is 0 Å². The highest BCUT2D eigenvalue weighted by Gasteiger charge is 2.33. The number of hydrogen-bond donors (Lipinski definition) is 0. The highest BCUT2D eigenvalue weighted by Crippen LogP contribution is 2.43. The van der Waals surface area contributed by atoms with Crippen molar-refractivity contribution in [2.75, 3.05) is 19.6 Å². The van der Waals surface area contributed by atoms with Crippen LogP contribution in [0.5, 0.6) is 0 Å². The largest absolute Gasteiger partial charge is 0.341 e. The van der Waals surface area contributed by atoms with Gasteiger partial charge in [0.1, 0.15) is 5.25 Å². The molecule has 1 saturated heterocycles. The van der Waals surface area contributed by atoms with Gasteiger partial charge in [-0.15, -0.1) is 0 Å². The molecule has 0 bridgehead atoms. The summed E-state index contributed by atoms with van der Waals surface area (Å²) in [5, 5.41) is 2.98. The van der Waals surface area contributed by atoms with Gasteiger partial charge in [0.2, 0.25) is 5.91 Å². The number of nitrogens with zero attached hydrogens (tertiary/aromatic N) is 3. The molecule has 5 rings (SSSR count). The predicted molar refractivity (Wildman–Crippen MR) is 156 cm³/mol. The van der Waals surface area contributed by atoms with Crippen LogP contribution in [0.1, 0.15) is 63.8 Å². The second kappa shape index (κ2) is 11.8. The van der Waals surface area contributed by atoms with Gasteiger partial charge in [-0.3, -0.25) is 4.79 Å². The van der Waals surface area contributed by atoms with Crippen LogP contribution in [0.25, 0.3) is 16.5 Å². The maximum atomic E-state index is 13.7. The minimum absolute atomic E-state index is 0.190. The summed E-state index contributed by atoms with van der Waals surface area (Å²) in [4.78, 5) is 23.1. The molecule has 4 nitrogen and oxygen atoms in total. The van der Waals surface area contributed by atoms with Gasteiger partial charge in [0, 0.05) is 25.2 Å². The molecule has 36 heavy (non-hydrogen) atoms. The lowest BCUT2D eigenvalue weighted by Gasteiger charge is -2.35. The molecule has 188 valence electrons. The summed E-state index contributed by atoms with van der Waals surface area (Å²) in [6.07, 6.45) is 2.17. The average molecular weight is 500 g/mol. The average Bonchev–Trinajstić information content (AvgIpc) is 3.46. The van der Waals surface area contributed by atoms with Gasteiger partial charge in [0.15, 0.2) is 5.17 Å². The van der Waals surface area contributed by atoms with E-state index in [1.807, 2.05) is 36.9 Å². The SMILES string of the molecule is CC.CCN1C(SC(C(=O)N2CCCC2)c2ccccc2)=Nc2cc3ccccc3cc2C1=C(C)C. The summed E-state index contributed by atoms with van der Waals surface area (Å²) < 4.78 is 0. The van der Waals surface area contributed by atoms with E-state index in [0.29, 0.717) is 0 Å². The summed E-state index contributed by atoms with van der Waals surface area (Å²) in [6.45, 7) is 13.0. The van der Waals surface area contributed by atoms with Crippen molar-refractivity contribution in [3.8, 4) is 0 Å². The molecule has 0 spiro atoms. The molecule has 2 aliphatic rings. The van der Waals surface area contributed by atoms with E-state index in [1.165, 1.54) is 22.0 Å². The topological polar surface area (TPSA) is 35.9 Å². The van der Waals surface area contributed by atoms with Crippen LogP contribution in [0.15, 0.2) is 77.3 Å². The van der Waals surface area contributed by atoms with E-state index in [0.717, 1.165) is 54.5 Å². The summed E-state index contributed by atoms with van der Waals surface area (Å²) in [5.41, 5.74) is 5.61. The van der Waals surface area contributed by atoms with Crippen molar-refractivity contribution in [3.05, 3.63) is 83.4 Å². The highest BCUT2D eigenvalue weighted by atomic mass is 32.2. The van der Waals surface area contributed by atoms with Crippen LogP contribution in [0.2, 0.25) is 0 Å². The molecule has 0 aromatic heterocycles. The Hall–Kier alpha value is -3.05. The van der Waals surface area contributed by atoms with Crippen LogP contribution in [0.3, 0.4) is 0 Å². The third-order valence-corrected chi connectivity index (χ3v) is 7.83. The summed E-state index contributed by atoms with van der Waals surface area (Å²) in [7, 11) is 0. The first-order valence-corrected chi connectivity index (χ1v) is 14.0. The minimum atomic E-state index is -0.312. The Bertz CT molecular complexity index is 1270. The first-order valence-electron chi connectivity index (χ1n) is 13.1. The number of rotatable bonds is 4. The molecule has 0 aliphatic carbocycles. The molecule has 2 aliphatic heterocycles. The number of amides is 1. The number of aliphatic imine (C=N–C) groups is 1. The Morgan fingerprint density at radius 1 is 0.944 bits per heavy atom. The zero-order valence-corrected chi connectivity index (χ0v) is 22.9. The van der Waals surface area contributed by atoms with Crippen LogP contribution in [0, 0.1) is 0 Å². The summed E-state index contributed by atoms with van der Waals surface area (Å²) >= 11 is 1.59. The Morgan fingerprint density at radius 2 is 1.56 bits per heavy atom. The van der Waals surface area contributed by atoms with Crippen LogP contribution >= 0.6 is 11.8 Å². The quantitative estimate of drug-likeness (QED) is 0.364. The zero-order valence-electron chi connectivity index (χ0n) is 22.1. The molecule has 1 fully saturated rings. The fraction of sp³-hybridized carbons (Fsp3) is 0.355. The number of allylic oxidation sites excluding steroid dienone is 1. The van der Waals surface area contributed by atoms with Gasteiger partial charge in [-0.2, -0.15) is 0 Å². The Morgan fingerprint density at radius 3 is 2.17 bits per heavy atom. The number of benzene rings is 3. The smallest absolute Gasteiger partial charge is 0.240 e. The van der Waals surface area contributed by atoms with E-state index < -0.39 is 0 Å². The van der Waals surface area contributed by atoms with E-state index in [2.05, 4.69) is 74.2 Å². The normalized spacial score (nSPS) is 15.7. The predicted octanol–water partition coefficient (Wildman–Crippen LogP) is 8.04. The first-order chi connectivity index (χ1) is 17.6. The number of hydrogen-bond acceptors (Lipinski definition) is 4. The summed E-state index contributed by atoms with van der Waals surface area (Å²) in [6, 6.07) is 23.0. The molecule has 0 radical (unpaired) electrons. The molecule has 0 N–H and O–H groups in total. The monoisotopic (exact) mass is 499 g/mol. The summed E-state index contributed by atoms with van der Waals surface area (Å²) in [5.74, 6) is 0.190. The third kappa shape index (κ3) is 5.22. The lowest BCUT2D eigenvalue weighted by Crippen LogP contribution is -2.35. The van der Waals surface area contributed by atoms with E-state index in [9.17, 15) is 4.79 Å². The number of carbonyl (C=O) groups is 1.